The first-order valence-electron chi connectivity index (χ1n) is 7.08. The number of rotatable bonds is 5. The Bertz CT molecular complexity index is 394. The number of likely N-dealkylation sites (tertiary alicyclic amines) is 1. The zero-order chi connectivity index (χ0) is 13.5. The van der Waals surface area contributed by atoms with Gasteiger partial charge in [0, 0.05) is 32.1 Å². The van der Waals surface area contributed by atoms with Crippen molar-refractivity contribution in [3.05, 3.63) is 30.1 Å². The minimum atomic E-state index is 0.191. The number of piperidine rings is 1. The lowest BCUT2D eigenvalue weighted by atomic mass is 10.1. The second-order valence-corrected chi connectivity index (χ2v) is 5.01. The molecule has 1 saturated heterocycles. The molecule has 1 aromatic rings. The van der Waals surface area contributed by atoms with Crippen LogP contribution in [0.4, 0.5) is 0 Å². The van der Waals surface area contributed by atoms with E-state index in [4.69, 9.17) is 4.74 Å². The van der Waals surface area contributed by atoms with Gasteiger partial charge in [-0.2, -0.15) is 0 Å². The van der Waals surface area contributed by atoms with Crippen LogP contribution in [-0.4, -0.2) is 41.6 Å². The van der Waals surface area contributed by atoms with Gasteiger partial charge >= 0.3 is 0 Å². The van der Waals surface area contributed by atoms with Crippen LogP contribution >= 0.6 is 0 Å². The molecule has 104 valence electrons. The maximum Gasteiger partial charge on any atom is 0.227 e. The van der Waals surface area contributed by atoms with Crippen LogP contribution in [0.2, 0.25) is 0 Å². The predicted molar refractivity (Wildman–Crippen MR) is 73.8 cm³/mol. The van der Waals surface area contributed by atoms with Gasteiger partial charge in [-0.1, -0.05) is 6.92 Å². The zero-order valence-corrected chi connectivity index (χ0v) is 11.5. The van der Waals surface area contributed by atoms with Crippen molar-refractivity contribution in [2.45, 2.75) is 38.7 Å². The van der Waals surface area contributed by atoms with Crippen molar-refractivity contribution < 1.29 is 9.53 Å². The topological polar surface area (TPSA) is 42.4 Å². The van der Waals surface area contributed by atoms with E-state index in [-0.39, 0.29) is 12.0 Å². The van der Waals surface area contributed by atoms with E-state index in [1.165, 1.54) is 0 Å². The molecule has 0 bridgehead atoms. The Morgan fingerprint density at radius 1 is 1.47 bits per heavy atom. The van der Waals surface area contributed by atoms with Gasteiger partial charge in [-0.3, -0.25) is 9.78 Å². The minimum absolute atomic E-state index is 0.191. The second-order valence-electron chi connectivity index (χ2n) is 5.01. The summed E-state index contributed by atoms with van der Waals surface area (Å²) in [5.41, 5.74) is 1.02. The molecule has 19 heavy (non-hydrogen) atoms. The van der Waals surface area contributed by atoms with Crippen molar-refractivity contribution in [2.24, 2.45) is 0 Å². The van der Waals surface area contributed by atoms with Crippen molar-refractivity contribution in [3.8, 4) is 0 Å². The van der Waals surface area contributed by atoms with Crippen LogP contribution in [0.15, 0.2) is 24.5 Å². The van der Waals surface area contributed by atoms with Gasteiger partial charge in [0.15, 0.2) is 0 Å². The van der Waals surface area contributed by atoms with Crippen molar-refractivity contribution in [1.82, 2.24) is 9.88 Å². The van der Waals surface area contributed by atoms with Crippen LogP contribution in [0.3, 0.4) is 0 Å². The van der Waals surface area contributed by atoms with Gasteiger partial charge in [-0.05, 0) is 37.0 Å². The fourth-order valence-electron chi connectivity index (χ4n) is 2.37. The summed E-state index contributed by atoms with van der Waals surface area (Å²) in [5, 5.41) is 0. The molecule has 0 aliphatic carbocycles. The highest BCUT2D eigenvalue weighted by molar-refractivity contribution is 5.78. The van der Waals surface area contributed by atoms with Crippen LogP contribution in [0, 0.1) is 0 Å². The summed E-state index contributed by atoms with van der Waals surface area (Å²) in [6, 6.07) is 3.79. The van der Waals surface area contributed by atoms with E-state index in [1.54, 1.807) is 12.4 Å². The van der Waals surface area contributed by atoms with Crippen LogP contribution in [0.25, 0.3) is 0 Å². The summed E-state index contributed by atoms with van der Waals surface area (Å²) < 4.78 is 5.76. The molecule has 0 radical (unpaired) electrons. The molecule has 1 aromatic heterocycles. The lowest BCUT2D eigenvalue weighted by molar-refractivity contribution is -0.134. The molecule has 1 aliphatic rings. The largest absolute Gasteiger partial charge is 0.376 e. The maximum absolute atomic E-state index is 12.2. The number of ether oxygens (including phenoxy) is 1. The van der Waals surface area contributed by atoms with E-state index >= 15 is 0 Å². The summed E-state index contributed by atoms with van der Waals surface area (Å²) in [7, 11) is 0. The van der Waals surface area contributed by atoms with Gasteiger partial charge in [-0.25, -0.2) is 0 Å². The molecule has 0 spiro atoms. The Morgan fingerprint density at radius 3 is 3.00 bits per heavy atom. The maximum atomic E-state index is 12.2. The summed E-state index contributed by atoms with van der Waals surface area (Å²) in [6.45, 7) is 4.49. The molecule has 0 N–H and O–H groups in total. The number of pyridine rings is 1. The molecule has 1 aliphatic heterocycles. The van der Waals surface area contributed by atoms with Crippen molar-refractivity contribution in [2.75, 3.05) is 19.7 Å². The Balaban J connectivity index is 1.85. The zero-order valence-electron chi connectivity index (χ0n) is 11.5. The molecular weight excluding hydrogens is 240 g/mol. The molecule has 1 unspecified atom stereocenters. The third kappa shape index (κ3) is 4.31. The monoisotopic (exact) mass is 262 g/mol. The number of hydrogen-bond donors (Lipinski definition) is 0. The first-order chi connectivity index (χ1) is 9.29. The third-order valence-electron chi connectivity index (χ3n) is 3.39. The van der Waals surface area contributed by atoms with E-state index in [1.807, 2.05) is 17.0 Å². The molecule has 1 atom stereocenters. The summed E-state index contributed by atoms with van der Waals surface area (Å²) in [5.74, 6) is 0.191. The van der Waals surface area contributed by atoms with Gasteiger partial charge in [0.05, 0.1) is 12.5 Å². The van der Waals surface area contributed by atoms with Crippen LogP contribution in [-0.2, 0) is 16.0 Å². The Labute approximate surface area is 114 Å². The number of hydrogen-bond acceptors (Lipinski definition) is 3. The molecule has 4 heteroatoms. The number of carbonyl (C=O) groups is 1. The van der Waals surface area contributed by atoms with Crippen molar-refractivity contribution in [1.29, 1.82) is 0 Å². The Hall–Kier alpha value is -1.42. The smallest absolute Gasteiger partial charge is 0.227 e. The summed E-state index contributed by atoms with van der Waals surface area (Å²) in [6.07, 6.45) is 7.27. The lowest BCUT2D eigenvalue weighted by Crippen LogP contribution is -2.44. The van der Waals surface area contributed by atoms with Crippen LogP contribution in [0.5, 0.6) is 0 Å². The van der Waals surface area contributed by atoms with Gasteiger partial charge in [0.25, 0.3) is 0 Å². The van der Waals surface area contributed by atoms with Crippen LogP contribution < -0.4 is 0 Å². The Morgan fingerprint density at radius 2 is 2.26 bits per heavy atom. The normalized spacial score (nSPS) is 19.4. The van der Waals surface area contributed by atoms with E-state index < -0.39 is 0 Å². The number of amides is 1. The molecule has 0 aromatic carbocycles. The van der Waals surface area contributed by atoms with Crippen molar-refractivity contribution >= 4 is 5.91 Å². The number of carbonyl (C=O) groups excluding carboxylic acids is 1. The van der Waals surface area contributed by atoms with E-state index in [0.29, 0.717) is 6.42 Å². The first kappa shape index (κ1) is 14.0. The van der Waals surface area contributed by atoms with Crippen molar-refractivity contribution in [3.63, 3.8) is 0 Å². The fourth-order valence-corrected chi connectivity index (χ4v) is 2.37. The van der Waals surface area contributed by atoms with E-state index in [9.17, 15) is 4.79 Å². The van der Waals surface area contributed by atoms with Gasteiger partial charge in [0.2, 0.25) is 5.91 Å². The highest BCUT2D eigenvalue weighted by Crippen LogP contribution is 2.15. The summed E-state index contributed by atoms with van der Waals surface area (Å²) in [4.78, 5) is 18.1. The van der Waals surface area contributed by atoms with E-state index in [2.05, 4.69) is 11.9 Å². The predicted octanol–water partition coefficient (Wildman–Crippen LogP) is 2.04. The number of nitrogens with zero attached hydrogens (tertiary/aromatic N) is 2. The molecule has 4 nitrogen and oxygen atoms in total. The third-order valence-corrected chi connectivity index (χ3v) is 3.39. The van der Waals surface area contributed by atoms with Gasteiger partial charge < -0.3 is 9.64 Å². The molecule has 0 saturated carbocycles. The summed E-state index contributed by atoms with van der Waals surface area (Å²) >= 11 is 0. The fraction of sp³-hybridized carbons (Fsp3) is 0.600. The highest BCUT2D eigenvalue weighted by Gasteiger charge is 2.23. The first-order valence-corrected chi connectivity index (χ1v) is 7.08. The lowest BCUT2D eigenvalue weighted by Gasteiger charge is -2.32. The standard InChI is InChI=1S/C15H22N2O2/c1-2-10-19-14-4-3-9-17(12-14)15(18)11-13-5-7-16-8-6-13/h5-8,14H,2-4,9-12H2,1H3. The molecule has 1 fully saturated rings. The number of aromatic nitrogens is 1. The van der Waals surface area contributed by atoms with Gasteiger partial charge in [-0.15, -0.1) is 0 Å². The molecule has 1 amide bonds. The Kier molecular flexibility index (Phi) is 5.33. The highest BCUT2D eigenvalue weighted by atomic mass is 16.5. The quantitative estimate of drug-likeness (QED) is 0.815. The molecule has 2 rings (SSSR count). The minimum Gasteiger partial charge on any atom is -0.376 e. The van der Waals surface area contributed by atoms with E-state index in [0.717, 1.165) is 44.5 Å². The molecule has 2 heterocycles. The molecular formula is C15H22N2O2. The van der Waals surface area contributed by atoms with Crippen LogP contribution in [0.1, 0.15) is 31.7 Å². The second kappa shape index (κ2) is 7.24. The van der Waals surface area contributed by atoms with Gasteiger partial charge in [0.1, 0.15) is 0 Å². The average Bonchev–Trinajstić information content (AvgIpc) is 2.46. The SMILES string of the molecule is CCCOC1CCCN(C(=O)Cc2ccncc2)C1. The average molecular weight is 262 g/mol.